The number of hydrogen-bond donors (Lipinski definition) is 1. The summed E-state index contributed by atoms with van der Waals surface area (Å²) in [6, 6.07) is 2.02. The summed E-state index contributed by atoms with van der Waals surface area (Å²) in [6.07, 6.45) is 14.2. The molecule has 0 spiro atoms. The van der Waals surface area contributed by atoms with Gasteiger partial charge in [-0.2, -0.15) is 5.10 Å². The number of rotatable bonds is 5. The van der Waals surface area contributed by atoms with Gasteiger partial charge in [-0.1, -0.05) is 31.9 Å². The molecule has 2 aliphatic rings. The van der Waals surface area contributed by atoms with Crippen molar-refractivity contribution in [3.63, 3.8) is 0 Å². The molecular weight excluding hydrogens is 334 g/mol. The van der Waals surface area contributed by atoms with E-state index in [1.54, 1.807) is 16.5 Å². The van der Waals surface area contributed by atoms with Gasteiger partial charge in [-0.3, -0.25) is 4.68 Å². The number of hydrogen-bond acceptors (Lipinski definition) is 4. The van der Waals surface area contributed by atoms with Crippen LogP contribution in [0.2, 0.25) is 0 Å². The smallest absolute Gasteiger partial charge is 0.227 e. The Bertz CT molecular complexity index is 907. The highest BCUT2D eigenvalue weighted by Crippen LogP contribution is 2.55. The Kier molecular flexibility index (Phi) is 4.62. The van der Waals surface area contributed by atoms with E-state index in [0.29, 0.717) is 17.3 Å². The monoisotopic (exact) mass is 363 g/mol. The second kappa shape index (κ2) is 6.95. The van der Waals surface area contributed by atoms with Crippen LogP contribution in [0.4, 0.5) is 11.6 Å². The van der Waals surface area contributed by atoms with E-state index in [-0.39, 0.29) is 0 Å². The Labute approximate surface area is 161 Å². The van der Waals surface area contributed by atoms with Crippen LogP contribution in [0.5, 0.6) is 0 Å². The predicted octanol–water partition coefficient (Wildman–Crippen LogP) is 5.27. The van der Waals surface area contributed by atoms with Gasteiger partial charge in [0.1, 0.15) is 0 Å². The first-order valence-corrected chi connectivity index (χ1v) is 9.99. The summed E-state index contributed by atoms with van der Waals surface area (Å²) in [5, 5.41) is 7.43. The fraction of sp³-hybridized carbons (Fsp3) is 0.500. The average molecular weight is 364 g/mol. The fourth-order valence-electron chi connectivity index (χ4n) is 4.98. The van der Waals surface area contributed by atoms with Crippen LogP contribution in [0, 0.1) is 11.3 Å². The fourth-order valence-corrected chi connectivity index (χ4v) is 4.98. The van der Waals surface area contributed by atoms with Crippen molar-refractivity contribution in [3.8, 4) is 0 Å². The SMILES string of the molecule is CCCC1(C)CCC2=C(C)C(c3ccnc(Nc4cnn(C)c4)n3)=CCC21. The first-order valence-electron chi connectivity index (χ1n) is 9.99. The van der Waals surface area contributed by atoms with E-state index in [1.807, 2.05) is 25.5 Å². The van der Waals surface area contributed by atoms with Crippen molar-refractivity contribution < 1.29 is 0 Å². The lowest BCUT2D eigenvalue weighted by atomic mass is 9.71. The minimum atomic E-state index is 0.464. The predicted molar refractivity (Wildman–Crippen MR) is 110 cm³/mol. The third-order valence-electron chi connectivity index (χ3n) is 6.38. The van der Waals surface area contributed by atoms with E-state index in [1.165, 1.54) is 36.8 Å². The lowest BCUT2D eigenvalue weighted by molar-refractivity contribution is 0.224. The Morgan fingerprint density at radius 1 is 1.37 bits per heavy atom. The van der Waals surface area contributed by atoms with E-state index < -0.39 is 0 Å². The summed E-state index contributed by atoms with van der Waals surface area (Å²) in [7, 11) is 1.90. The van der Waals surface area contributed by atoms with Crippen molar-refractivity contribution in [2.24, 2.45) is 18.4 Å². The molecule has 0 aromatic carbocycles. The highest BCUT2D eigenvalue weighted by Gasteiger charge is 2.42. The van der Waals surface area contributed by atoms with Gasteiger partial charge in [0.2, 0.25) is 5.95 Å². The summed E-state index contributed by atoms with van der Waals surface area (Å²) in [5.74, 6) is 1.32. The van der Waals surface area contributed by atoms with Crippen molar-refractivity contribution in [1.29, 1.82) is 0 Å². The summed E-state index contributed by atoms with van der Waals surface area (Å²) < 4.78 is 1.76. The van der Waals surface area contributed by atoms with Crippen LogP contribution in [-0.2, 0) is 7.05 Å². The zero-order valence-electron chi connectivity index (χ0n) is 16.8. The maximum atomic E-state index is 4.78. The summed E-state index contributed by atoms with van der Waals surface area (Å²) in [6.45, 7) is 7.07. The molecule has 2 heterocycles. The van der Waals surface area contributed by atoms with Gasteiger partial charge in [0.15, 0.2) is 0 Å². The molecule has 1 N–H and O–H groups in total. The molecular formula is C22H29N5. The molecule has 1 fully saturated rings. The lowest BCUT2D eigenvalue weighted by Crippen LogP contribution is -2.24. The number of aryl methyl sites for hydroxylation is 1. The van der Waals surface area contributed by atoms with Crippen LogP contribution < -0.4 is 5.32 Å². The summed E-state index contributed by atoms with van der Waals surface area (Å²) in [4.78, 5) is 9.15. The molecule has 1 saturated carbocycles. The molecule has 0 radical (unpaired) electrons. The second-order valence-electron chi connectivity index (χ2n) is 8.25. The van der Waals surface area contributed by atoms with E-state index in [4.69, 9.17) is 4.98 Å². The van der Waals surface area contributed by atoms with Crippen LogP contribution in [0.25, 0.3) is 5.57 Å². The lowest BCUT2D eigenvalue weighted by Gasteiger charge is -2.34. The molecule has 2 atom stereocenters. The quantitative estimate of drug-likeness (QED) is 0.786. The van der Waals surface area contributed by atoms with Crippen LogP contribution in [0.1, 0.15) is 58.6 Å². The van der Waals surface area contributed by atoms with Crippen molar-refractivity contribution >= 4 is 17.2 Å². The third-order valence-corrected chi connectivity index (χ3v) is 6.38. The van der Waals surface area contributed by atoms with E-state index in [2.05, 4.69) is 42.2 Å². The molecule has 0 bridgehead atoms. The van der Waals surface area contributed by atoms with Crippen molar-refractivity contribution in [1.82, 2.24) is 19.7 Å². The molecule has 142 valence electrons. The van der Waals surface area contributed by atoms with Crippen LogP contribution in [0.3, 0.4) is 0 Å². The Morgan fingerprint density at radius 3 is 2.96 bits per heavy atom. The summed E-state index contributed by atoms with van der Waals surface area (Å²) in [5.41, 5.74) is 6.73. The first-order chi connectivity index (χ1) is 13.0. The largest absolute Gasteiger partial charge is 0.321 e. The normalized spacial score (nSPS) is 24.7. The Morgan fingerprint density at radius 2 is 2.22 bits per heavy atom. The minimum Gasteiger partial charge on any atom is -0.321 e. The number of fused-ring (bicyclic) bond motifs is 1. The molecule has 4 rings (SSSR count). The highest BCUT2D eigenvalue weighted by molar-refractivity contribution is 5.79. The van der Waals surface area contributed by atoms with Gasteiger partial charge in [-0.25, -0.2) is 9.97 Å². The first kappa shape index (κ1) is 18.0. The zero-order chi connectivity index (χ0) is 19.0. The maximum absolute atomic E-state index is 4.78. The molecule has 27 heavy (non-hydrogen) atoms. The zero-order valence-corrected chi connectivity index (χ0v) is 16.8. The Hall–Kier alpha value is -2.43. The van der Waals surface area contributed by atoms with Crippen LogP contribution in [0.15, 0.2) is 41.9 Å². The summed E-state index contributed by atoms with van der Waals surface area (Å²) >= 11 is 0. The third kappa shape index (κ3) is 3.31. The second-order valence-corrected chi connectivity index (χ2v) is 8.25. The van der Waals surface area contributed by atoms with Crippen LogP contribution >= 0.6 is 0 Å². The van der Waals surface area contributed by atoms with Crippen molar-refractivity contribution in [3.05, 3.63) is 47.6 Å². The highest BCUT2D eigenvalue weighted by atomic mass is 15.3. The van der Waals surface area contributed by atoms with Crippen molar-refractivity contribution in [2.75, 3.05) is 5.32 Å². The Balaban J connectivity index is 1.60. The minimum absolute atomic E-state index is 0.464. The molecule has 2 aromatic heterocycles. The van der Waals surface area contributed by atoms with Gasteiger partial charge in [0, 0.05) is 19.4 Å². The number of nitrogens with one attached hydrogen (secondary N) is 1. The van der Waals surface area contributed by atoms with Gasteiger partial charge in [0.25, 0.3) is 0 Å². The molecule has 2 unspecified atom stereocenters. The topological polar surface area (TPSA) is 55.6 Å². The van der Waals surface area contributed by atoms with Crippen molar-refractivity contribution in [2.45, 2.75) is 52.9 Å². The van der Waals surface area contributed by atoms with Gasteiger partial charge >= 0.3 is 0 Å². The maximum Gasteiger partial charge on any atom is 0.227 e. The van der Waals surface area contributed by atoms with Gasteiger partial charge in [-0.05, 0) is 61.2 Å². The molecule has 0 saturated heterocycles. The molecule has 0 aliphatic heterocycles. The molecule has 2 aliphatic carbocycles. The van der Waals surface area contributed by atoms with Gasteiger partial charge in [-0.15, -0.1) is 0 Å². The van der Waals surface area contributed by atoms with Crippen LogP contribution in [-0.4, -0.2) is 19.7 Å². The number of aromatic nitrogens is 4. The van der Waals surface area contributed by atoms with E-state index >= 15 is 0 Å². The van der Waals surface area contributed by atoms with Gasteiger partial charge < -0.3 is 5.32 Å². The molecule has 0 amide bonds. The molecule has 5 nitrogen and oxygen atoms in total. The van der Waals surface area contributed by atoms with Gasteiger partial charge in [0.05, 0.1) is 17.6 Å². The average Bonchev–Trinajstić information content (AvgIpc) is 3.20. The molecule has 2 aromatic rings. The molecule has 5 heteroatoms. The number of anilines is 2. The standard InChI is InChI=1S/C22H29N5/c1-5-10-22(3)11-8-17-15(2)18(6-7-19(17)22)20-9-12-23-21(26-20)25-16-13-24-27(4)14-16/h6,9,12-14,19H,5,7-8,10-11H2,1-4H3,(H,23,25,26). The number of nitrogens with zero attached hydrogens (tertiary/aromatic N) is 4. The van der Waals surface area contributed by atoms with E-state index in [0.717, 1.165) is 17.8 Å². The number of allylic oxidation sites excluding steroid dienone is 4. The van der Waals surface area contributed by atoms with E-state index in [9.17, 15) is 0 Å².